The number of nitrogens with one attached hydrogen (secondary N) is 1. The van der Waals surface area contributed by atoms with Gasteiger partial charge in [0, 0.05) is 11.1 Å². The molecule has 21 heavy (non-hydrogen) atoms. The maximum absolute atomic E-state index is 12.3. The lowest BCUT2D eigenvalue weighted by molar-refractivity contribution is 0.102. The molecule has 1 heterocycles. The molecule has 0 fully saturated rings. The van der Waals surface area contributed by atoms with E-state index in [4.69, 9.17) is 5.73 Å². The monoisotopic (exact) mass is 298 g/mol. The number of benzene rings is 1. The van der Waals surface area contributed by atoms with Gasteiger partial charge in [0.1, 0.15) is 0 Å². The Kier molecular flexibility index (Phi) is 5.56. The summed E-state index contributed by atoms with van der Waals surface area (Å²) >= 11 is 1.45. The third kappa shape index (κ3) is 4.19. The summed E-state index contributed by atoms with van der Waals surface area (Å²) in [6.07, 6.45) is 2.00. The average molecular weight is 298 g/mol. The molecule has 2 rings (SSSR count). The minimum Gasteiger partial charge on any atom is -0.322 e. The van der Waals surface area contributed by atoms with Crippen molar-refractivity contribution in [3.8, 4) is 11.8 Å². The molecule has 1 aromatic heterocycles. The van der Waals surface area contributed by atoms with Gasteiger partial charge in [-0.1, -0.05) is 43.4 Å². The molecule has 0 unspecified atom stereocenters. The highest BCUT2D eigenvalue weighted by Crippen LogP contribution is 2.19. The Labute approximate surface area is 129 Å². The van der Waals surface area contributed by atoms with Crippen molar-refractivity contribution < 1.29 is 4.79 Å². The van der Waals surface area contributed by atoms with Gasteiger partial charge in [0.25, 0.3) is 5.91 Å². The molecule has 2 aromatic rings. The number of aryl methyl sites for hydroxylation is 1. The van der Waals surface area contributed by atoms with Crippen molar-refractivity contribution >= 4 is 22.9 Å². The summed E-state index contributed by atoms with van der Waals surface area (Å²) in [4.78, 5) is 13.1. The number of rotatable bonds is 4. The van der Waals surface area contributed by atoms with Crippen molar-refractivity contribution in [2.45, 2.75) is 19.8 Å². The summed E-state index contributed by atoms with van der Waals surface area (Å²) in [5.74, 6) is 5.63. The SMILES string of the molecule is CCCc1ccccc1NC(=O)c1csc(C#CCN)c1. The first-order chi connectivity index (χ1) is 10.2. The van der Waals surface area contributed by atoms with Gasteiger partial charge in [0.2, 0.25) is 0 Å². The second-order valence-electron chi connectivity index (χ2n) is 4.57. The molecule has 0 radical (unpaired) electrons. The number of para-hydroxylation sites is 1. The number of hydrogen-bond donors (Lipinski definition) is 2. The van der Waals surface area contributed by atoms with Crippen molar-refractivity contribution in [3.05, 3.63) is 51.7 Å². The van der Waals surface area contributed by atoms with Crippen LogP contribution in [0.5, 0.6) is 0 Å². The van der Waals surface area contributed by atoms with Gasteiger partial charge < -0.3 is 11.1 Å². The Morgan fingerprint density at radius 1 is 1.38 bits per heavy atom. The van der Waals surface area contributed by atoms with Gasteiger partial charge in [0.15, 0.2) is 0 Å². The number of hydrogen-bond acceptors (Lipinski definition) is 3. The van der Waals surface area contributed by atoms with Crippen LogP contribution in [-0.2, 0) is 6.42 Å². The molecule has 0 aliphatic rings. The predicted molar refractivity (Wildman–Crippen MR) is 88.6 cm³/mol. The number of amides is 1. The number of carbonyl (C=O) groups excluding carboxylic acids is 1. The quantitative estimate of drug-likeness (QED) is 0.851. The van der Waals surface area contributed by atoms with E-state index in [2.05, 4.69) is 24.1 Å². The average Bonchev–Trinajstić information content (AvgIpc) is 2.96. The highest BCUT2D eigenvalue weighted by atomic mass is 32.1. The molecule has 0 saturated carbocycles. The molecule has 0 bridgehead atoms. The van der Waals surface area contributed by atoms with E-state index in [9.17, 15) is 4.79 Å². The van der Waals surface area contributed by atoms with Crippen LogP contribution >= 0.6 is 11.3 Å². The molecule has 0 spiro atoms. The topological polar surface area (TPSA) is 55.1 Å². The van der Waals surface area contributed by atoms with Crippen LogP contribution in [0, 0.1) is 11.8 Å². The normalized spacial score (nSPS) is 9.81. The maximum atomic E-state index is 12.3. The molecule has 0 atom stereocenters. The van der Waals surface area contributed by atoms with Crippen LogP contribution < -0.4 is 11.1 Å². The van der Waals surface area contributed by atoms with Gasteiger partial charge in [0.05, 0.1) is 17.0 Å². The molecule has 4 heteroatoms. The van der Waals surface area contributed by atoms with E-state index in [1.165, 1.54) is 11.3 Å². The highest BCUT2D eigenvalue weighted by molar-refractivity contribution is 7.10. The summed E-state index contributed by atoms with van der Waals surface area (Å²) in [6, 6.07) is 9.70. The summed E-state index contributed by atoms with van der Waals surface area (Å²) in [5.41, 5.74) is 8.01. The van der Waals surface area contributed by atoms with Crippen LogP contribution in [0.15, 0.2) is 35.7 Å². The summed E-state index contributed by atoms with van der Waals surface area (Å²) in [6.45, 7) is 2.45. The van der Waals surface area contributed by atoms with E-state index in [0.717, 1.165) is 29.0 Å². The van der Waals surface area contributed by atoms with Crippen molar-refractivity contribution in [3.63, 3.8) is 0 Å². The minimum atomic E-state index is -0.101. The number of anilines is 1. The molecule has 108 valence electrons. The van der Waals surface area contributed by atoms with Crippen LogP contribution in [0.3, 0.4) is 0 Å². The first-order valence-electron chi connectivity index (χ1n) is 6.91. The molecule has 0 aliphatic heterocycles. The number of thiophene rings is 1. The Morgan fingerprint density at radius 3 is 2.95 bits per heavy atom. The molecular weight excluding hydrogens is 280 g/mol. The maximum Gasteiger partial charge on any atom is 0.256 e. The van der Waals surface area contributed by atoms with Crippen LogP contribution in [0.25, 0.3) is 0 Å². The van der Waals surface area contributed by atoms with Gasteiger partial charge in [-0.2, -0.15) is 0 Å². The Morgan fingerprint density at radius 2 is 2.19 bits per heavy atom. The van der Waals surface area contributed by atoms with E-state index in [1.807, 2.05) is 29.6 Å². The first kappa shape index (κ1) is 15.3. The molecule has 0 aliphatic carbocycles. The largest absolute Gasteiger partial charge is 0.322 e. The summed E-state index contributed by atoms with van der Waals surface area (Å²) in [5, 5.41) is 4.79. The zero-order valence-corrected chi connectivity index (χ0v) is 12.8. The second kappa shape index (κ2) is 7.63. The third-order valence-electron chi connectivity index (χ3n) is 2.96. The van der Waals surface area contributed by atoms with E-state index < -0.39 is 0 Å². The Hall–Kier alpha value is -2.09. The highest BCUT2D eigenvalue weighted by Gasteiger charge is 2.10. The fraction of sp³-hybridized carbons (Fsp3) is 0.235. The van der Waals surface area contributed by atoms with Crippen LogP contribution in [-0.4, -0.2) is 12.5 Å². The first-order valence-corrected chi connectivity index (χ1v) is 7.79. The van der Waals surface area contributed by atoms with E-state index in [-0.39, 0.29) is 5.91 Å². The molecule has 3 N–H and O–H groups in total. The van der Waals surface area contributed by atoms with Gasteiger partial charge in [-0.25, -0.2) is 0 Å². The Balaban J connectivity index is 2.13. The fourth-order valence-electron chi connectivity index (χ4n) is 1.98. The van der Waals surface area contributed by atoms with Gasteiger partial charge >= 0.3 is 0 Å². The minimum absolute atomic E-state index is 0.101. The summed E-state index contributed by atoms with van der Waals surface area (Å²) in [7, 11) is 0. The van der Waals surface area contributed by atoms with Gasteiger partial charge in [-0.05, 0) is 24.1 Å². The molecule has 1 amide bonds. The smallest absolute Gasteiger partial charge is 0.256 e. The van der Waals surface area contributed by atoms with Gasteiger partial charge in [-0.15, -0.1) is 11.3 Å². The zero-order chi connectivity index (χ0) is 15.1. The van der Waals surface area contributed by atoms with Gasteiger partial charge in [-0.3, -0.25) is 4.79 Å². The van der Waals surface area contributed by atoms with Crippen molar-refractivity contribution in [1.29, 1.82) is 0 Å². The van der Waals surface area contributed by atoms with Crippen LogP contribution in [0.1, 0.15) is 34.1 Å². The third-order valence-corrected chi connectivity index (χ3v) is 3.81. The van der Waals surface area contributed by atoms with Crippen LogP contribution in [0.4, 0.5) is 5.69 Å². The van der Waals surface area contributed by atoms with E-state index >= 15 is 0 Å². The lowest BCUT2D eigenvalue weighted by Crippen LogP contribution is -2.12. The standard InChI is InChI=1S/C17H18N2OS/c1-2-6-13-7-3-4-9-16(13)19-17(20)14-11-15(21-12-14)8-5-10-18/h3-4,7,9,11-12H,2,6,10,18H2,1H3,(H,19,20). The molecule has 3 nitrogen and oxygen atoms in total. The van der Waals surface area contributed by atoms with Crippen LogP contribution in [0.2, 0.25) is 0 Å². The van der Waals surface area contributed by atoms with Crippen molar-refractivity contribution in [2.75, 3.05) is 11.9 Å². The fourth-order valence-corrected chi connectivity index (χ4v) is 2.74. The van der Waals surface area contributed by atoms with Crippen molar-refractivity contribution in [1.82, 2.24) is 0 Å². The Bertz CT molecular complexity index is 679. The van der Waals surface area contributed by atoms with Crippen molar-refractivity contribution in [2.24, 2.45) is 5.73 Å². The van der Waals surface area contributed by atoms with E-state index in [1.54, 1.807) is 6.07 Å². The number of nitrogens with two attached hydrogens (primary N) is 1. The molecule has 1 aromatic carbocycles. The zero-order valence-electron chi connectivity index (χ0n) is 12.0. The predicted octanol–water partition coefficient (Wildman–Crippen LogP) is 3.26. The second-order valence-corrected chi connectivity index (χ2v) is 5.48. The lowest BCUT2D eigenvalue weighted by Gasteiger charge is -2.09. The molecule has 0 saturated heterocycles. The lowest BCUT2D eigenvalue weighted by atomic mass is 10.1. The van der Waals surface area contributed by atoms with E-state index in [0.29, 0.717) is 12.1 Å². The number of carbonyl (C=O) groups is 1. The molecular formula is C17H18N2OS. The summed E-state index contributed by atoms with van der Waals surface area (Å²) < 4.78 is 0.